The number of allylic oxidation sites excluding steroid dienone is 1. The van der Waals surface area contributed by atoms with E-state index >= 15 is 0 Å². The second-order valence-electron chi connectivity index (χ2n) is 5.66. The zero-order valence-corrected chi connectivity index (χ0v) is 16.2. The van der Waals surface area contributed by atoms with E-state index in [0.717, 1.165) is 5.56 Å². The molecule has 2 amide bonds. The Kier molecular flexibility index (Phi) is 7.90. The van der Waals surface area contributed by atoms with Gasteiger partial charge in [0, 0.05) is 5.56 Å². The maximum atomic E-state index is 12.1. The molecule has 0 heterocycles. The first kappa shape index (κ1) is 20.8. The molecule has 0 aromatic heterocycles. The molecule has 28 heavy (non-hydrogen) atoms. The molecule has 0 saturated heterocycles. The van der Waals surface area contributed by atoms with Crippen molar-refractivity contribution in [3.8, 4) is 17.2 Å². The number of hydrogen-bond donors (Lipinski definition) is 2. The molecular weight excluding hydrogens is 360 g/mol. The van der Waals surface area contributed by atoms with Crippen molar-refractivity contribution in [1.82, 2.24) is 10.9 Å². The van der Waals surface area contributed by atoms with Gasteiger partial charge in [0.2, 0.25) is 0 Å². The lowest BCUT2D eigenvalue weighted by molar-refractivity contribution is -0.123. The molecule has 148 valence electrons. The molecule has 0 saturated carbocycles. The summed E-state index contributed by atoms with van der Waals surface area (Å²) in [6.07, 6.45) is 3.84. The highest BCUT2D eigenvalue weighted by Crippen LogP contribution is 2.28. The summed E-state index contributed by atoms with van der Waals surface area (Å²) < 4.78 is 16.1. The number of rotatable bonds is 8. The Hall–Kier alpha value is -3.48. The summed E-state index contributed by atoms with van der Waals surface area (Å²) >= 11 is 0. The van der Waals surface area contributed by atoms with Crippen LogP contribution in [0.2, 0.25) is 0 Å². The number of carbonyl (C=O) groups is 2. The first-order valence-corrected chi connectivity index (χ1v) is 8.83. The van der Waals surface area contributed by atoms with Gasteiger partial charge >= 0.3 is 0 Å². The Morgan fingerprint density at radius 3 is 2.39 bits per heavy atom. The zero-order chi connectivity index (χ0) is 20.4. The number of hydrazine groups is 1. The van der Waals surface area contributed by atoms with Gasteiger partial charge in [0.05, 0.1) is 13.7 Å². The van der Waals surface area contributed by atoms with Crippen LogP contribution in [0.5, 0.6) is 17.2 Å². The molecule has 0 atom stereocenters. The lowest BCUT2D eigenvalue weighted by Gasteiger charge is -2.12. The standard InChI is InChI=1S/C21H24N2O5/c1-4-6-15-7-12-18(19(13-15)26-3)28-14-20(24)22-23-21(25)16-8-10-17(11-9-16)27-5-2/h4,6-13H,5,14H2,1-3H3,(H,22,24)(H,23,25). The van der Waals surface area contributed by atoms with E-state index in [1.165, 1.54) is 7.11 Å². The van der Waals surface area contributed by atoms with Crippen molar-refractivity contribution in [3.05, 3.63) is 59.7 Å². The van der Waals surface area contributed by atoms with Gasteiger partial charge in [-0.2, -0.15) is 0 Å². The predicted octanol–water partition coefficient (Wildman–Crippen LogP) is 2.97. The quantitative estimate of drug-likeness (QED) is 0.684. The molecule has 7 heteroatoms. The minimum absolute atomic E-state index is 0.275. The van der Waals surface area contributed by atoms with Crippen molar-refractivity contribution in [2.45, 2.75) is 13.8 Å². The van der Waals surface area contributed by atoms with Crippen LogP contribution in [0.1, 0.15) is 29.8 Å². The fourth-order valence-electron chi connectivity index (χ4n) is 2.35. The summed E-state index contributed by atoms with van der Waals surface area (Å²) in [5, 5.41) is 0. The summed E-state index contributed by atoms with van der Waals surface area (Å²) in [7, 11) is 1.53. The Labute approximate surface area is 164 Å². The Morgan fingerprint density at radius 2 is 1.75 bits per heavy atom. The number of ether oxygens (including phenoxy) is 3. The van der Waals surface area contributed by atoms with Crippen molar-refractivity contribution in [2.24, 2.45) is 0 Å². The van der Waals surface area contributed by atoms with Crippen LogP contribution in [-0.2, 0) is 4.79 Å². The first-order chi connectivity index (χ1) is 13.6. The smallest absolute Gasteiger partial charge is 0.276 e. The monoisotopic (exact) mass is 384 g/mol. The van der Waals surface area contributed by atoms with Gasteiger partial charge in [-0.25, -0.2) is 0 Å². The largest absolute Gasteiger partial charge is 0.494 e. The highest BCUT2D eigenvalue weighted by Gasteiger charge is 2.10. The van der Waals surface area contributed by atoms with Crippen molar-refractivity contribution in [2.75, 3.05) is 20.3 Å². The third-order valence-electron chi connectivity index (χ3n) is 3.65. The van der Waals surface area contributed by atoms with E-state index < -0.39 is 11.8 Å². The maximum Gasteiger partial charge on any atom is 0.276 e. The molecule has 2 rings (SSSR count). The topological polar surface area (TPSA) is 85.9 Å². The Balaban J connectivity index is 1.84. The Bertz CT molecular complexity index is 831. The second-order valence-corrected chi connectivity index (χ2v) is 5.66. The minimum atomic E-state index is -0.501. The highest BCUT2D eigenvalue weighted by molar-refractivity contribution is 5.95. The van der Waals surface area contributed by atoms with Gasteiger partial charge in [-0.15, -0.1) is 0 Å². The van der Waals surface area contributed by atoms with Gasteiger partial charge in [-0.1, -0.05) is 18.2 Å². The van der Waals surface area contributed by atoms with Crippen molar-refractivity contribution < 1.29 is 23.8 Å². The van der Waals surface area contributed by atoms with Crippen molar-refractivity contribution in [1.29, 1.82) is 0 Å². The number of amides is 2. The van der Waals surface area contributed by atoms with Gasteiger partial charge in [0.25, 0.3) is 11.8 Å². The van der Waals surface area contributed by atoms with E-state index in [9.17, 15) is 9.59 Å². The van der Waals surface area contributed by atoms with E-state index in [2.05, 4.69) is 10.9 Å². The average Bonchev–Trinajstić information content (AvgIpc) is 2.72. The average molecular weight is 384 g/mol. The first-order valence-electron chi connectivity index (χ1n) is 8.83. The summed E-state index contributed by atoms with van der Waals surface area (Å²) in [4.78, 5) is 24.0. The molecule has 0 radical (unpaired) electrons. The summed E-state index contributed by atoms with van der Waals surface area (Å²) in [5.74, 6) is 0.681. The zero-order valence-electron chi connectivity index (χ0n) is 16.2. The third-order valence-corrected chi connectivity index (χ3v) is 3.65. The molecule has 2 aromatic carbocycles. The summed E-state index contributed by atoms with van der Waals surface area (Å²) in [6.45, 7) is 4.07. The molecule has 0 aliphatic heterocycles. The van der Waals surface area contributed by atoms with Crippen LogP contribution in [0.15, 0.2) is 48.5 Å². The van der Waals surface area contributed by atoms with Gasteiger partial charge in [-0.3, -0.25) is 20.4 Å². The fraction of sp³-hybridized carbons (Fsp3) is 0.238. The van der Waals surface area contributed by atoms with E-state index in [1.54, 1.807) is 36.4 Å². The number of benzene rings is 2. The number of hydrogen-bond acceptors (Lipinski definition) is 5. The normalized spacial score (nSPS) is 10.4. The van der Waals surface area contributed by atoms with Crippen LogP contribution in [0.25, 0.3) is 6.08 Å². The molecule has 0 aliphatic carbocycles. The second kappa shape index (κ2) is 10.6. The summed E-state index contributed by atoms with van der Waals surface area (Å²) in [6, 6.07) is 12.0. The lowest BCUT2D eigenvalue weighted by Crippen LogP contribution is -2.43. The van der Waals surface area contributed by atoms with Gasteiger partial charge in [-0.05, 0) is 55.8 Å². The molecule has 0 bridgehead atoms. The van der Waals surface area contributed by atoms with Crippen LogP contribution in [-0.4, -0.2) is 32.1 Å². The highest BCUT2D eigenvalue weighted by atomic mass is 16.5. The van der Waals surface area contributed by atoms with Gasteiger partial charge in [0.1, 0.15) is 5.75 Å². The van der Waals surface area contributed by atoms with E-state index in [1.807, 2.05) is 32.1 Å². The van der Waals surface area contributed by atoms with Gasteiger partial charge in [0.15, 0.2) is 18.1 Å². The molecule has 7 nitrogen and oxygen atoms in total. The molecule has 2 aromatic rings. The van der Waals surface area contributed by atoms with Crippen LogP contribution < -0.4 is 25.1 Å². The fourth-order valence-corrected chi connectivity index (χ4v) is 2.35. The third kappa shape index (κ3) is 6.05. The number of methoxy groups -OCH3 is 1. The van der Waals surface area contributed by atoms with Crippen molar-refractivity contribution in [3.63, 3.8) is 0 Å². The number of nitrogens with one attached hydrogen (secondary N) is 2. The van der Waals surface area contributed by atoms with E-state index in [4.69, 9.17) is 14.2 Å². The van der Waals surface area contributed by atoms with Crippen LogP contribution in [0.4, 0.5) is 0 Å². The van der Waals surface area contributed by atoms with Crippen LogP contribution in [0.3, 0.4) is 0 Å². The molecule has 0 spiro atoms. The van der Waals surface area contributed by atoms with Gasteiger partial charge < -0.3 is 14.2 Å². The molecule has 0 aliphatic rings. The van der Waals surface area contributed by atoms with E-state index in [0.29, 0.717) is 29.4 Å². The number of carbonyl (C=O) groups excluding carboxylic acids is 2. The molecule has 2 N–H and O–H groups in total. The maximum absolute atomic E-state index is 12.1. The van der Waals surface area contributed by atoms with Crippen LogP contribution >= 0.6 is 0 Å². The minimum Gasteiger partial charge on any atom is -0.494 e. The SMILES string of the molecule is CC=Cc1ccc(OCC(=O)NNC(=O)c2ccc(OCC)cc2)c(OC)c1. The van der Waals surface area contributed by atoms with Crippen LogP contribution in [0, 0.1) is 0 Å². The molecule has 0 fully saturated rings. The molecule has 0 unspecified atom stereocenters. The summed E-state index contributed by atoms with van der Waals surface area (Å²) in [5.41, 5.74) is 6.01. The predicted molar refractivity (Wildman–Crippen MR) is 106 cm³/mol. The molecular formula is C21H24N2O5. The van der Waals surface area contributed by atoms with E-state index in [-0.39, 0.29) is 6.61 Å². The van der Waals surface area contributed by atoms with Crippen molar-refractivity contribution >= 4 is 17.9 Å². The lowest BCUT2D eigenvalue weighted by atomic mass is 10.2. The Morgan fingerprint density at radius 1 is 1.00 bits per heavy atom.